The molecule has 0 saturated carbocycles. The Labute approximate surface area is 185 Å². The maximum atomic E-state index is 12.9. The average Bonchev–Trinajstić information content (AvgIpc) is 2.79. The molecule has 0 heterocycles. The monoisotopic (exact) mass is 417 g/mol. The highest BCUT2D eigenvalue weighted by Crippen LogP contribution is 2.29. The van der Waals surface area contributed by atoms with Gasteiger partial charge < -0.3 is 14.8 Å². The summed E-state index contributed by atoms with van der Waals surface area (Å²) < 4.78 is 11.3. The lowest BCUT2D eigenvalue weighted by molar-refractivity contribution is -0.121. The first-order chi connectivity index (χ1) is 15.1. The summed E-state index contributed by atoms with van der Waals surface area (Å²) in [6.07, 6.45) is 1.03. The van der Waals surface area contributed by atoms with Crippen molar-refractivity contribution < 1.29 is 14.3 Å². The lowest BCUT2D eigenvalue weighted by Gasteiger charge is -2.22. The predicted molar refractivity (Wildman–Crippen MR) is 125 cm³/mol. The molecule has 3 aromatic rings. The topological polar surface area (TPSA) is 47.6 Å². The lowest BCUT2D eigenvalue weighted by Crippen LogP contribution is -2.30. The molecule has 0 radical (unpaired) electrons. The number of carbonyl (C=O) groups excluding carboxylic acids is 1. The summed E-state index contributed by atoms with van der Waals surface area (Å²) in [6, 6.07) is 24.0. The molecule has 0 fully saturated rings. The summed E-state index contributed by atoms with van der Waals surface area (Å²) in [7, 11) is 0. The Morgan fingerprint density at radius 2 is 1.55 bits per heavy atom. The molecule has 0 aromatic heterocycles. The van der Waals surface area contributed by atoms with E-state index >= 15 is 0 Å². The van der Waals surface area contributed by atoms with E-state index in [1.807, 2.05) is 62.4 Å². The van der Waals surface area contributed by atoms with Gasteiger partial charge in [0.05, 0.1) is 19.3 Å². The van der Waals surface area contributed by atoms with Crippen molar-refractivity contribution in [2.75, 3.05) is 13.2 Å². The second-order valence-electron chi connectivity index (χ2n) is 7.41. The first-order valence-electron chi connectivity index (χ1n) is 10.9. The van der Waals surface area contributed by atoms with E-state index in [0.717, 1.165) is 33.8 Å². The number of rotatable bonds is 10. The van der Waals surface area contributed by atoms with Gasteiger partial charge in [0.2, 0.25) is 5.91 Å². The first-order valence-corrected chi connectivity index (χ1v) is 10.9. The van der Waals surface area contributed by atoms with Gasteiger partial charge in [-0.25, -0.2) is 0 Å². The average molecular weight is 418 g/mol. The van der Waals surface area contributed by atoms with Gasteiger partial charge in [0.1, 0.15) is 0 Å². The van der Waals surface area contributed by atoms with E-state index in [0.29, 0.717) is 26.1 Å². The standard InChI is InChI=1S/C27H31NO3/c1-4-30-24-17-15-21(19-25(24)31-5-2)16-18-26(29)28-27(22-12-7-6-8-13-22)23-14-10-9-11-20(23)3/h6-15,17,19,27H,4-5,16,18H2,1-3H3,(H,28,29)/t27-/m1/s1. The van der Waals surface area contributed by atoms with Crippen LogP contribution in [-0.4, -0.2) is 19.1 Å². The number of amides is 1. The highest BCUT2D eigenvalue weighted by Gasteiger charge is 2.18. The summed E-state index contributed by atoms with van der Waals surface area (Å²) in [5.41, 5.74) is 4.39. The van der Waals surface area contributed by atoms with E-state index in [1.54, 1.807) is 0 Å². The van der Waals surface area contributed by atoms with Crippen LogP contribution in [0, 0.1) is 6.92 Å². The molecule has 4 heteroatoms. The van der Waals surface area contributed by atoms with E-state index in [1.165, 1.54) is 0 Å². The van der Waals surface area contributed by atoms with Crippen LogP contribution in [0.5, 0.6) is 11.5 Å². The Balaban J connectivity index is 1.72. The van der Waals surface area contributed by atoms with Gasteiger partial charge in [0, 0.05) is 6.42 Å². The third-order valence-corrected chi connectivity index (χ3v) is 5.19. The third-order valence-electron chi connectivity index (χ3n) is 5.19. The van der Waals surface area contributed by atoms with Crippen molar-refractivity contribution in [2.45, 2.75) is 39.7 Å². The number of hydrogen-bond acceptors (Lipinski definition) is 3. The molecule has 0 aliphatic carbocycles. The summed E-state index contributed by atoms with van der Waals surface area (Å²) in [5.74, 6) is 1.48. The number of nitrogens with one attached hydrogen (secondary N) is 1. The van der Waals surface area contributed by atoms with Crippen molar-refractivity contribution in [3.8, 4) is 11.5 Å². The zero-order valence-electron chi connectivity index (χ0n) is 18.6. The van der Waals surface area contributed by atoms with Crippen molar-refractivity contribution in [1.82, 2.24) is 5.32 Å². The number of ether oxygens (including phenoxy) is 2. The minimum atomic E-state index is -0.172. The molecule has 31 heavy (non-hydrogen) atoms. The van der Waals surface area contributed by atoms with Gasteiger partial charge in [-0.1, -0.05) is 60.7 Å². The maximum Gasteiger partial charge on any atom is 0.221 e. The second-order valence-corrected chi connectivity index (χ2v) is 7.41. The molecule has 3 aromatic carbocycles. The molecule has 0 saturated heterocycles. The smallest absolute Gasteiger partial charge is 0.221 e. The van der Waals surface area contributed by atoms with Gasteiger partial charge in [-0.15, -0.1) is 0 Å². The highest BCUT2D eigenvalue weighted by atomic mass is 16.5. The Bertz CT molecular complexity index is 985. The van der Waals surface area contributed by atoms with Crippen LogP contribution >= 0.6 is 0 Å². The summed E-state index contributed by atoms with van der Waals surface area (Å²) in [5, 5.41) is 3.24. The molecule has 0 aliphatic heterocycles. The Hall–Kier alpha value is -3.27. The van der Waals surface area contributed by atoms with E-state index in [4.69, 9.17) is 9.47 Å². The number of aryl methyl sites for hydroxylation is 2. The number of hydrogen-bond donors (Lipinski definition) is 1. The van der Waals surface area contributed by atoms with E-state index in [2.05, 4.69) is 36.5 Å². The van der Waals surface area contributed by atoms with Gasteiger partial charge in [-0.2, -0.15) is 0 Å². The molecule has 162 valence electrons. The second kappa shape index (κ2) is 11.2. The minimum Gasteiger partial charge on any atom is -0.490 e. The molecule has 0 unspecified atom stereocenters. The summed E-state index contributed by atoms with van der Waals surface area (Å²) in [6.45, 7) is 7.13. The molecular weight excluding hydrogens is 386 g/mol. The summed E-state index contributed by atoms with van der Waals surface area (Å²) in [4.78, 5) is 12.9. The van der Waals surface area contributed by atoms with Crippen molar-refractivity contribution in [3.05, 3.63) is 95.1 Å². The van der Waals surface area contributed by atoms with Gasteiger partial charge in [0.15, 0.2) is 11.5 Å². The zero-order chi connectivity index (χ0) is 22.1. The Morgan fingerprint density at radius 3 is 2.26 bits per heavy atom. The predicted octanol–water partition coefficient (Wildman–Crippen LogP) is 5.63. The molecule has 0 aliphatic rings. The lowest BCUT2D eigenvalue weighted by atomic mass is 9.94. The highest BCUT2D eigenvalue weighted by molar-refractivity contribution is 5.77. The molecule has 1 N–H and O–H groups in total. The molecule has 4 nitrogen and oxygen atoms in total. The Kier molecular flexibility index (Phi) is 8.11. The largest absolute Gasteiger partial charge is 0.490 e. The van der Waals surface area contributed by atoms with E-state index in [9.17, 15) is 4.79 Å². The van der Waals surface area contributed by atoms with E-state index < -0.39 is 0 Å². The number of benzene rings is 3. The van der Waals surface area contributed by atoms with Crippen molar-refractivity contribution in [1.29, 1.82) is 0 Å². The van der Waals surface area contributed by atoms with Crippen LogP contribution in [0.4, 0.5) is 0 Å². The van der Waals surface area contributed by atoms with Crippen LogP contribution in [-0.2, 0) is 11.2 Å². The molecule has 1 amide bonds. The number of carbonyl (C=O) groups is 1. The van der Waals surface area contributed by atoms with Crippen LogP contribution in [0.1, 0.15) is 48.6 Å². The minimum absolute atomic E-state index is 0.0175. The van der Waals surface area contributed by atoms with Gasteiger partial charge in [0.25, 0.3) is 0 Å². The Morgan fingerprint density at radius 1 is 0.871 bits per heavy atom. The SMILES string of the molecule is CCOc1ccc(CCC(=O)N[C@H](c2ccccc2)c2ccccc2C)cc1OCC. The van der Waals surface area contributed by atoms with E-state index in [-0.39, 0.29) is 11.9 Å². The normalized spacial score (nSPS) is 11.6. The fourth-order valence-electron chi connectivity index (χ4n) is 3.64. The first kappa shape index (κ1) is 22.4. The van der Waals surface area contributed by atoms with Crippen molar-refractivity contribution >= 4 is 5.91 Å². The van der Waals surface area contributed by atoms with Crippen LogP contribution in [0.15, 0.2) is 72.8 Å². The van der Waals surface area contributed by atoms with Crippen LogP contribution in [0.2, 0.25) is 0 Å². The third kappa shape index (κ3) is 6.11. The van der Waals surface area contributed by atoms with Gasteiger partial charge in [-0.05, 0) is 61.6 Å². The molecule has 0 spiro atoms. The van der Waals surface area contributed by atoms with Crippen LogP contribution in [0.25, 0.3) is 0 Å². The zero-order valence-corrected chi connectivity index (χ0v) is 18.6. The van der Waals surface area contributed by atoms with Crippen LogP contribution < -0.4 is 14.8 Å². The van der Waals surface area contributed by atoms with Gasteiger partial charge in [-0.3, -0.25) is 4.79 Å². The molecule has 3 rings (SSSR count). The van der Waals surface area contributed by atoms with Gasteiger partial charge >= 0.3 is 0 Å². The fraction of sp³-hybridized carbons (Fsp3) is 0.296. The van der Waals surface area contributed by atoms with Crippen molar-refractivity contribution in [2.24, 2.45) is 0 Å². The molecule has 1 atom stereocenters. The van der Waals surface area contributed by atoms with Crippen LogP contribution in [0.3, 0.4) is 0 Å². The maximum absolute atomic E-state index is 12.9. The molecule has 0 bridgehead atoms. The fourth-order valence-corrected chi connectivity index (χ4v) is 3.64. The molecular formula is C27H31NO3. The summed E-state index contributed by atoms with van der Waals surface area (Å²) >= 11 is 0. The quantitative estimate of drug-likeness (QED) is 0.465. The van der Waals surface area contributed by atoms with Crippen molar-refractivity contribution in [3.63, 3.8) is 0 Å².